The summed E-state index contributed by atoms with van der Waals surface area (Å²) < 4.78 is 17.4. The van der Waals surface area contributed by atoms with Crippen LogP contribution in [0.1, 0.15) is 101 Å². The van der Waals surface area contributed by atoms with Gasteiger partial charge in [0.05, 0.1) is 18.8 Å². The largest absolute Gasteiger partial charge is 0.594 e. The number of Topliss-reactive ketones (excluding diaryl/α,β-unsaturated/α-hetero) is 1. The van der Waals surface area contributed by atoms with E-state index in [1.165, 1.54) is 12.1 Å². The van der Waals surface area contributed by atoms with Gasteiger partial charge in [-0.1, -0.05) is 54.4 Å². The molecule has 0 aliphatic carbocycles. The minimum atomic E-state index is -0.479. The minimum absolute atomic E-state index is 0.0270. The van der Waals surface area contributed by atoms with Gasteiger partial charge in [0, 0.05) is 35.8 Å². The zero-order valence-corrected chi connectivity index (χ0v) is 28.3. The van der Waals surface area contributed by atoms with Crippen LogP contribution in [0.15, 0.2) is 41.5 Å². The van der Waals surface area contributed by atoms with Gasteiger partial charge in [0.1, 0.15) is 6.61 Å². The van der Waals surface area contributed by atoms with Gasteiger partial charge in [-0.2, -0.15) is 0 Å². The van der Waals surface area contributed by atoms with Gasteiger partial charge in [-0.3, -0.25) is 4.79 Å². The van der Waals surface area contributed by atoms with Crippen LogP contribution in [-0.2, 0) is 4.74 Å². The molecule has 0 aliphatic heterocycles. The SMILES string of the molecule is CCCCOc1cc(C(=O)CCCN(CC)CC)ccc1N=[N+]([O-])c1ccc(C(=O)OCCN(CC)CC)cc1OCCCC. The van der Waals surface area contributed by atoms with E-state index in [4.69, 9.17) is 14.2 Å². The summed E-state index contributed by atoms with van der Waals surface area (Å²) in [5.41, 5.74) is 1.29. The van der Waals surface area contributed by atoms with Crippen molar-refractivity contribution in [3.8, 4) is 11.5 Å². The van der Waals surface area contributed by atoms with Crippen LogP contribution in [0.2, 0.25) is 0 Å². The topological polar surface area (TPSA) is 107 Å². The minimum Gasteiger partial charge on any atom is -0.594 e. The van der Waals surface area contributed by atoms with E-state index in [0.29, 0.717) is 53.6 Å². The second-order valence-corrected chi connectivity index (χ2v) is 10.9. The Kier molecular flexibility index (Phi) is 17.8. The fraction of sp³-hybridized carbons (Fsp3) is 0.600. The van der Waals surface area contributed by atoms with Crippen LogP contribution < -0.4 is 9.47 Å². The summed E-state index contributed by atoms with van der Waals surface area (Å²) >= 11 is 0. The van der Waals surface area contributed by atoms with Crippen molar-refractivity contribution in [3.63, 3.8) is 0 Å². The van der Waals surface area contributed by atoms with E-state index in [1.54, 1.807) is 24.3 Å². The molecule has 0 fully saturated rings. The summed E-state index contributed by atoms with van der Waals surface area (Å²) in [6.07, 6.45) is 4.66. The van der Waals surface area contributed by atoms with Crippen LogP contribution in [-0.4, -0.2) is 85.5 Å². The summed E-state index contributed by atoms with van der Waals surface area (Å²) in [5, 5.41) is 17.7. The molecule has 0 spiro atoms. The first-order chi connectivity index (χ1) is 21.8. The Labute approximate surface area is 269 Å². The Hall–Kier alpha value is -3.50. The van der Waals surface area contributed by atoms with Gasteiger partial charge < -0.3 is 29.2 Å². The summed E-state index contributed by atoms with van der Waals surface area (Å²) in [7, 11) is 0. The number of hydrogen-bond donors (Lipinski definition) is 0. The highest BCUT2D eigenvalue weighted by Crippen LogP contribution is 2.34. The van der Waals surface area contributed by atoms with Gasteiger partial charge in [-0.25, -0.2) is 4.79 Å². The lowest BCUT2D eigenvalue weighted by Crippen LogP contribution is -2.27. The first-order valence-corrected chi connectivity index (χ1v) is 16.7. The first kappa shape index (κ1) is 37.7. The van der Waals surface area contributed by atoms with Crippen LogP contribution in [0.3, 0.4) is 0 Å². The quantitative estimate of drug-likeness (QED) is 0.0307. The van der Waals surface area contributed by atoms with E-state index in [2.05, 4.69) is 49.5 Å². The fourth-order valence-electron chi connectivity index (χ4n) is 4.64. The van der Waals surface area contributed by atoms with Crippen LogP contribution in [0, 0.1) is 5.21 Å². The number of esters is 1. The maximum Gasteiger partial charge on any atom is 0.338 e. The third-order valence-corrected chi connectivity index (χ3v) is 7.70. The highest BCUT2D eigenvalue weighted by molar-refractivity contribution is 5.97. The molecule has 0 amide bonds. The van der Waals surface area contributed by atoms with Gasteiger partial charge in [0.25, 0.3) is 5.69 Å². The van der Waals surface area contributed by atoms with E-state index >= 15 is 0 Å². The van der Waals surface area contributed by atoms with Crippen molar-refractivity contribution in [2.45, 2.75) is 80.1 Å². The van der Waals surface area contributed by atoms with Crippen molar-refractivity contribution in [2.24, 2.45) is 5.11 Å². The normalized spacial score (nSPS) is 11.7. The number of rotatable bonds is 23. The zero-order chi connectivity index (χ0) is 33.0. The third kappa shape index (κ3) is 12.8. The molecular formula is C35H54N4O6. The zero-order valence-electron chi connectivity index (χ0n) is 28.3. The Morgan fingerprint density at radius 3 is 1.93 bits per heavy atom. The number of hydrogen-bond acceptors (Lipinski definition) is 9. The van der Waals surface area contributed by atoms with Crippen LogP contribution in [0.25, 0.3) is 0 Å². The van der Waals surface area contributed by atoms with Crippen LogP contribution in [0.4, 0.5) is 11.4 Å². The maximum absolute atomic E-state index is 13.4. The van der Waals surface area contributed by atoms with E-state index in [1.807, 2.05) is 6.92 Å². The molecular weight excluding hydrogens is 572 g/mol. The van der Waals surface area contributed by atoms with Crippen molar-refractivity contribution in [2.75, 3.05) is 59.1 Å². The molecule has 10 heteroatoms. The Bertz CT molecular complexity index is 1210. The summed E-state index contributed by atoms with van der Waals surface area (Å²) in [4.78, 5) is 30.7. The van der Waals surface area contributed by atoms with E-state index in [9.17, 15) is 14.8 Å². The smallest absolute Gasteiger partial charge is 0.338 e. The monoisotopic (exact) mass is 626 g/mol. The molecule has 0 N–H and O–H groups in total. The van der Waals surface area contributed by atoms with Crippen molar-refractivity contribution in [1.82, 2.24) is 9.80 Å². The molecule has 2 aromatic carbocycles. The van der Waals surface area contributed by atoms with Gasteiger partial charge in [0.2, 0.25) is 0 Å². The van der Waals surface area contributed by atoms with Gasteiger partial charge in [-0.15, -0.1) is 0 Å². The number of nitrogens with zero attached hydrogens (tertiary/aromatic N) is 4. The number of ketones is 1. The average molecular weight is 627 g/mol. The third-order valence-electron chi connectivity index (χ3n) is 7.70. The van der Waals surface area contributed by atoms with Crippen LogP contribution in [0.5, 0.6) is 11.5 Å². The highest BCUT2D eigenvalue weighted by Gasteiger charge is 2.20. The molecule has 0 aliphatic rings. The molecule has 0 aromatic heterocycles. The molecule has 45 heavy (non-hydrogen) atoms. The van der Waals surface area contributed by atoms with Crippen molar-refractivity contribution < 1.29 is 28.7 Å². The Balaban J connectivity index is 2.33. The number of unbranched alkanes of at least 4 members (excludes halogenated alkanes) is 2. The number of likely N-dealkylation sites (N-methyl/N-ethyl adjacent to an activating group) is 1. The lowest BCUT2D eigenvalue weighted by atomic mass is 10.1. The first-order valence-electron chi connectivity index (χ1n) is 16.7. The number of carbonyl (C=O) groups excluding carboxylic acids is 2. The molecule has 10 nitrogen and oxygen atoms in total. The summed E-state index contributed by atoms with van der Waals surface area (Å²) in [6, 6.07) is 9.60. The molecule has 0 radical (unpaired) electrons. The van der Waals surface area contributed by atoms with E-state index in [-0.39, 0.29) is 23.8 Å². The molecule has 0 bridgehead atoms. The Morgan fingerprint density at radius 2 is 1.31 bits per heavy atom. The van der Waals surface area contributed by atoms with Gasteiger partial charge in [0.15, 0.2) is 23.0 Å². The second kappa shape index (κ2) is 21.3. The number of ether oxygens (including phenoxy) is 3. The molecule has 2 aromatic rings. The van der Waals surface area contributed by atoms with Crippen LogP contribution >= 0.6 is 0 Å². The van der Waals surface area contributed by atoms with E-state index < -0.39 is 5.97 Å². The average Bonchev–Trinajstić information content (AvgIpc) is 3.05. The van der Waals surface area contributed by atoms with Crippen molar-refractivity contribution in [1.29, 1.82) is 0 Å². The lowest BCUT2D eigenvalue weighted by Gasteiger charge is -2.17. The fourth-order valence-corrected chi connectivity index (χ4v) is 4.64. The molecule has 250 valence electrons. The second-order valence-electron chi connectivity index (χ2n) is 10.9. The lowest BCUT2D eigenvalue weighted by molar-refractivity contribution is -0.436. The standard InChI is InChI=1S/C35H54N4O6/c1-7-13-23-43-33-26-28(32(40)16-15-21-37(9-3)10-4)17-19-30(33)36-39(42)31-20-18-29(27-34(31)44-24-14-8-2)35(41)45-25-22-38(11-5)12-6/h17-20,26-27H,7-16,21-25H2,1-6H3. The molecule has 0 atom stereocenters. The summed E-state index contributed by atoms with van der Waals surface area (Å²) in [6.45, 7) is 18.7. The molecule has 2 rings (SSSR count). The predicted octanol–water partition coefficient (Wildman–Crippen LogP) is 7.77. The van der Waals surface area contributed by atoms with Gasteiger partial charge in [-0.05, 0) is 81.1 Å². The summed E-state index contributed by atoms with van der Waals surface area (Å²) in [5.74, 6) is 0.168. The van der Waals surface area contributed by atoms with E-state index in [0.717, 1.165) is 64.8 Å². The predicted molar refractivity (Wildman–Crippen MR) is 178 cm³/mol. The van der Waals surface area contributed by atoms with Gasteiger partial charge >= 0.3 is 5.97 Å². The maximum atomic E-state index is 13.4. The van der Waals surface area contributed by atoms with Crippen molar-refractivity contribution >= 4 is 23.1 Å². The molecule has 0 heterocycles. The molecule has 0 saturated heterocycles. The number of benzene rings is 2. The Morgan fingerprint density at radius 1 is 0.733 bits per heavy atom. The number of azo groups is 1. The number of carbonyl (C=O) groups is 2. The molecule has 0 saturated carbocycles. The van der Waals surface area contributed by atoms with Crippen molar-refractivity contribution in [3.05, 3.63) is 52.7 Å². The molecule has 0 unspecified atom stereocenters. The highest BCUT2D eigenvalue weighted by atomic mass is 16.5.